The standard InChI is InChI=1S/C17H16Cl2N2O4/c1-10-3-5-13(24-10)6-8-16(22)20-21-17(23)11(2)25-15-7-4-12(18)9-14(15)19/h3-9,11H,1-2H3,(H,20,22)(H,21,23)/b8-6+. The van der Waals surface area contributed by atoms with Gasteiger partial charge in [0.1, 0.15) is 17.3 Å². The first-order chi connectivity index (χ1) is 11.8. The Morgan fingerprint density at radius 1 is 1.20 bits per heavy atom. The smallest absolute Gasteiger partial charge is 0.279 e. The van der Waals surface area contributed by atoms with E-state index in [1.807, 2.05) is 0 Å². The fourth-order valence-electron chi connectivity index (χ4n) is 1.78. The SMILES string of the molecule is Cc1ccc(/C=C/C(=O)NNC(=O)C(C)Oc2ccc(Cl)cc2Cl)o1. The summed E-state index contributed by atoms with van der Waals surface area (Å²) in [6, 6.07) is 8.16. The Hall–Kier alpha value is -2.44. The molecule has 2 amide bonds. The van der Waals surface area contributed by atoms with E-state index in [2.05, 4.69) is 10.9 Å². The molecule has 132 valence electrons. The van der Waals surface area contributed by atoms with Gasteiger partial charge in [0.15, 0.2) is 6.10 Å². The largest absolute Gasteiger partial charge is 0.479 e. The quantitative estimate of drug-likeness (QED) is 0.612. The number of carbonyl (C=O) groups excluding carboxylic acids is 2. The van der Waals surface area contributed by atoms with E-state index in [1.165, 1.54) is 25.1 Å². The zero-order valence-corrected chi connectivity index (χ0v) is 15.0. The Balaban J connectivity index is 1.82. The zero-order chi connectivity index (χ0) is 18.4. The number of hydrogen-bond donors (Lipinski definition) is 2. The molecule has 0 fully saturated rings. The van der Waals surface area contributed by atoms with Crippen molar-refractivity contribution in [2.75, 3.05) is 0 Å². The van der Waals surface area contributed by atoms with E-state index in [0.717, 1.165) is 5.76 Å². The van der Waals surface area contributed by atoms with Gasteiger partial charge in [0.25, 0.3) is 11.8 Å². The van der Waals surface area contributed by atoms with E-state index in [9.17, 15) is 9.59 Å². The van der Waals surface area contributed by atoms with Gasteiger partial charge in [-0.05, 0) is 50.3 Å². The van der Waals surface area contributed by atoms with Crippen LogP contribution in [-0.2, 0) is 9.59 Å². The van der Waals surface area contributed by atoms with Gasteiger partial charge in [0.2, 0.25) is 0 Å². The highest BCUT2D eigenvalue weighted by Gasteiger charge is 2.16. The summed E-state index contributed by atoms with van der Waals surface area (Å²) >= 11 is 11.8. The zero-order valence-electron chi connectivity index (χ0n) is 13.5. The molecule has 25 heavy (non-hydrogen) atoms. The second kappa shape index (κ2) is 8.60. The van der Waals surface area contributed by atoms with Gasteiger partial charge in [0, 0.05) is 11.1 Å². The number of aryl methyl sites for hydroxylation is 1. The van der Waals surface area contributed by atoms with Crippen LogP contribution in [0.3, 0.4) is 0 Å². The molecular weight excluding hydrogens is 367 g/mol. The number of nitrogens with one attached hydrogen (secondary N) is 2. The van der Waals surface area contributed by atoms with Gasteiger partial charge >= 0.3 is 0 Å². The molecule has 0 radical (unpaired) electrons. The number of furan rings is 1. The number of halogens is 2. The minimum atomic E-state index is -0.879. The molecule has 2 rings (SSSR count). The van der Waals surface area contributed by atoms with Crippen LogP contribution in [0.25, 0.3) is 6.08 Å². The van der Waals surface area contributed by atoms with Crippen molar-refractivity contribution < 1.29 is 18.7 Å². The van der Waals surface area contributed by atoms with E-state index in [4.69, 9.17) is 32.4 Å². The molecule has 0 saturated carbocycles. The van der Waals surface area contributed by atoms with Gasteiger partial charge in [-0.1, -0.05) is 23.2 Å². The highest BCUT2D eigenvalue weighted by molar-refractivity contribution is 6.35. The summed E-state index contributed by atoms with van der Waals surface area (Å²) in [5, 5.41) is 0.744. The summed E-state index contributed by atoms with van der Waals surface area (Å²) in [4.78, 5) is 23.6. The lowest BCUT2D eigenvalue weighted by atomic mass is 10.3. The molecule has 1 heterocycles. The lowest BCUT2D eigenvalue weighted by Gasteiger charge is -2.15. The molecule has 1 unspecified atom stereocenters. The molecule has 1 aromatic carbocycles. The van der Waals surface area contributed by atoms with Gasteiger partial charge in [-0.25, -0.2) is 0 Å². The van der Waals surface area contributed by atoms with Crippen molar-refractivity contribution in [2.24, 2.45) is 0 Å². The molecule has 0 bridgehead atoms. The van der Waals surface area contributed by atoms with Gasteiger partial charge in [-0.3, -0.25) is 20.4 Å². The Bertz CT molecular complexity index is 802. The van der Waals surface area contributed by atoms with Crippen molar-refractivity contribution in [3.8, 4) is 5.75 Å². The molecule has 1 aromatic heterocycles. The fraction of sp³-hybridized carbons (Fsp3) is 0.176. The van der Waals surface area contributed by atoms with E-state index >= 15 is 0 Å². The highest BCUT2D eigenvalue weighted by atomic mass is 35.5. The van der Waals surface area contributed by atoms with Crippen molar-refractivity contribution in [1.29, 1.82) is 0 Å². The van der Waals surface area contributed by atoms with Crippen LogP contribution in [0.15, 0.2) is 40.8 Å². The maximum atomic E-state index is 11.9. The molecule has 0 aliphatic rings. The number of rotatable bonds is 5. The van der Waals surface area contributed by atoms with Crippen molar-refractivity contribution in [3.05, 3.63) is 58.0 Å². The predicted molar refractivity (Wildman–Crippen MR) is 95.3 cm³/mol. The highest BCUT2D eigenvalue weighted by Crippen LogP contribution is 2.28. The summed E-state index contributed by atoms with van der Waals surface area (Å²) in [6.45, 7) is 3.32. The fourth-order valence-corrected chi connectivity index (χ4v) is 2.24. The van der Waals surface area contributed by atoms with E-state index < -0.39 is 17.9 Å². The van der Waals surface area contributed by atoms with Crippen LogP contribution in [0, 0.1) is 6.92 Å². The first-order valence-electron chi connectivity index (χ1n) is 7.31. The maximum absolute atomic E-state index is 11.9. The van der Waals surface area contributed by atoms with E-state index in [-0.39, 0.29) is 5.02 Å². The van der Waals surface area contributed by atoms with Gasteiger partial charge < -0.3 is 9.15 Å². The maximum Gasteiger partial charge on any atom is 0.279 e. The van der Waals surface area contributed by atoms with Crippen molar-refractivity contribution in [1.82, 2.24) is 10.9 Å². The lowest BCUT2D eigenvalue weighted by molar-refractivity contribution is -0.131. The Morgan fingerprint density at radius 3 is 2.60 bits per heavy atom. The number of benzene rings is 1. The third-order valence-corrected chi connectivity index (χ3v) is 3.57. The second-order valence-corrected chi connectivity index (χ2v) is 5.94. The van der Waals surface area contributed by atoms with Crippen LogP contribution in [0.1, 0.15) is 18.4 Å². The molecule has 0 aliphatic carbocycles. The molecular formula is C17H16Cl2N2O4. The molecule has 8 heteroatoms. The van der Waals surface area contributed by atoms with E-state index in [0.29, 0.717) is 16.5 Å². The number of hydrazine groups is 1. The molecule has 6 nitrogen and oxygen atoms in total. The normalized spacial score (nSPS) is 12.0. The van der Waals surface area contributed by atoms with Crippen LogP contribution in [-0.4, -0.2) is 17.9 Å². The second-order valence-electron chi connectivity index (χ2n) is 5.10. The first-order valence-corrected chi connectivity index (χ1v) is 8.07. The summed E-state index contributed by atoms with van der Waals surface area (Å²) in [5.74, 6) is 0.530. The monoisotopic (exact) mass is 382 g/mol. The van der Waals surface area contributed by atoms with Crippen LogP contribution in [0.5, 0.6) is 5.75 Å². The molecule has 2 aromatic rings. The number of carbonyl (C=O) groups is 2. The average Bonchev–Trinajstić information content (AvgIpc) is 2.98. The van der Waals surface area contributed by atoms with Crippen molar-refractivity contribution >= 4 is 41.1 Å². The minimum absolute atomic E-state index is 0.285. The molecule has 0 spiro atoms. The third-order valence-electron chi connectivity index (χ3n) is 3.04. The van der Waals surface area contributed by atoms with Crippen LogP contribution < -0.4 is 15.6 Å². The van der Waals surface area contributed by atoms with Crippen LogP contribution in [0.2, 0.25) is 10.0 Å². The van der Waals surface area contributed by atoms with Crippen LogP contribution >= 0.6 is 23.2 Å². The lowest BCUT2D eigenvalue weighted by Crippen LogP contribution is -2.46. The van der Waals surface area contributed by atoms with Crippen molar-refractivity contribution in [2.45, 2.75) is 20.0 Å². The Kier molecular flexibility index (Phi) is 6.50. The van der Waals surface area contributed by atoms with Gasteiger partial charge in [0.05, 0.1) is 5.02 Å². The number of amides is 2. The molecule has 0 aliphatic heterocycles. The summed E-state index contributed by atoms with van der Waals surface area (Å²) in [6.07, 6.45) is 1.85. The van der Waals surface area contributed by atoms with Gasteiger partial charge in [-0.2, -0.15) is 0 Å². The molecule has 2 N–H and O–H groups in total. The number of hydrogen-bond acceptors (Lipinski definition) is 4. The number of ether oxygens (including phenoxy) is 1. The van der Waals surface area contributed by atoms with Crippen LogP contribution in [0.4, 0.5) is 0 Å². The Labute approximate surface area is 154 Å². The predicted octanol–water partition coefficient (Wildman–Crippen LogP) is 3.52. The topological polar surface area (TPSA) is 80.6 Å². The minimum Gasteiger partial charge on any atom is -0.479 e. The third kappa shape index (κ3) is 5.85. The summed E-state index contributed by atoms with van der Waals surface area (Å²) < 4.78 is 10.7. The first kappa shape index (κ1) is 18.9. The van der Waals surface area contributed by atoms with Gasteiger partial charge in [-0.15, -0.1) is 0 Å². The molecule has 1 atom stereocenters. The molecule has 0 saturated heterocycles. The Morgan fingerprint density at radius 2 is 1.96 bits per heavy atom. The summed E-state index contributed by atoms with van der Waals surface area (Å²) in [5.41, 5.74) is 4.51. The average molecular weight is 383 g/mol. The summed E-state index contributed by atoms with van der Waals surface area (Å²) in [7, 11) is 0. The van der Waals surface area contributed by atoms with Crippen molar-refractivity contribution in [3.63, 3.8) is 0 Å². The van der Waals surface area contributed by atoms with E-state index in [1.54, 1.807) is 31.2 Å².